The van der Waals surface area contributed by atoms with Gasteiger partial charge in [-0.25, -0.2) is 4.39 Å². The average molecular weight is 342 g/mol. The fraction of sp³-hybridized carbons (Fsp3) is 0. The van der Waals surface area contributed by atoms with Gasteiger partial charge in [0.1, 0.15) is 5.82 Å². The predicted molar refractivity (Wildman–Crippen MR) is 89.8 cm³/mol. The molecule has 2 aromatic rings. The number of thiocarbonyl (C=S) groups is 1. The number of hydrazone groups is 1. The topological polar surface area (TPSA) is 36.4 Å². The van der Waals surface area contributed by atoms with Gasteiger partial charge in [-0.05, 0) is 42.0 Å². The van der Waals surface area contributed by atoms with Crippen molar-refractivity contribution in [3.05, 3.63) is 63.9 Å². The van der Waals surface area contributed by atoms with E-state index in [1.165, 1.54) is 12.3 Å². The molecule has 0 bridgehead atoms. The number of nitrogens with one attached hydrogen (secondary N) is 2. The highest BCUT2D eigenvalue weighted by Crippen LogP contribution is 2.21. The zero-order valence-electron chi connectivity index (χ0n) is 10.6. The molecule has 0 heterocycles. The van der Waals surface area contributed by atoms with Crippen LogP contribution in [0.1, 0.15) is 5.56 Å². The van der Waals surface area contributed by atoms with E-state index in [-0.39, 0.29) is 10.8 Å². The molecule has 21 heavy (non-hydrogen) atoms. The van der Waals surface area contributed by atoms with Gasteiger partial charge in [0.2, 0.25) is 0 Å². The zero-order valence-corrected chi connectivity index (χ0v) is 12.9. The molecule has 0 fully saturated rings. The minimum atomic E-state index is -0.393. The van der Waals surface area contributed by atoms with Crippen molar-refractivity contribution in [2.24, 2.45) is 5.10 Å². The minimum absolute atomic E-state index is 0.177. The number of benzene rings is 2. The Morgan fingerprint density at radius 1 is 1.14 bits per heavy atom. The minimum Gasteiger partial charge on any atom is -0.329 e. The molecule has 0 amide bonds. The van der Waals surface area contributed by atoms with Crippen LogP contribution in [0.25, 0.3) is 0 Å². The SMILES string of the molecule is Fc1ccccc1NC(=S)N/N=C\c1ccc(Cl)c(Cl)c1. The van der Waals surface area contributed by atoms with Crippen molar-refractivity contribution in [1.82, 2.24) is 5.43 Å². The van der Waals surface area contributed by atoms with Gasteiger partial charge in [0, 0.05) is 0 Å². The van der Waals surface area contributed by atoms with Gasteiger partial charge in [0.15, 0.2) is 5.11 Å². The summed E-state index contributed by atoms with van der Waals surface area (Å²) in [5.74, 6) is -0.393. The molecule has 0 aromatic heterocycles. The fourth-order valence-corrected chi connectivity index (χ4v) is 1.94. The number of hydrogen-bond acceptors (Lipinski definition) is 2. The normalized spacial score (nSPS) is 10.6. The highest BCUT2D eigenvalue weighted by Gasteiger charge is 2.01. The van der Waals surface area contributed by atoms with E-state index >= 15 is 0 Å². The molecular formula is C14H10Cl2FN3S. The van der Waals surface area contributed by atoms with Crippen molar-refractivity contribution in [3.63, 3.8) is 0 Å². The van der Waals surface area contributed by atoms with Gasteiger partial charge in [-0.2, -0.15) is 5.10 Å². The summed E-state index contributed by atoms with van der Waals surface area (Å²) in [5, 5.41) is 7.72. The summed E-state index contributed by atoms with van der Waals surface area (Å²) in [6.45, 7) is 0. The molecule has 0 aliphatic rings. The van der Waals surface area contributed by atoms with Gasteiger partial charge in [-0.1, -0.05) is 41.4 Å². The smallest absolute Gasteiger partial charge is 0.191 e. The molecule has 0 aliphatic carbocycles. The van der Waals surface area contributed by atoms with E-state index in [1.807, 2.05) is 0 Å². The molecule has 3 nitrogen and oxygen atoms in total. The molecule has 0 aliphatic heterocycles. The number of halogens is 3. The summed E-state index contributed by atoms with van der Waals surface area (Å²) in [6, 6.07) is 11.3. The Kier molecular flexibility index (Phi) is 5.50. The van der Waals surface area contributed by atoms with Crippen LogP contribution in [-0.4, -0.2) is 11.3 Å². The number of rotatable bonds is 3. The monoisotopic (exact) mass is 341 g/mol. The number of hydrogen-bond donors (Lipinski definition) is 2. The van der Waals surface area contributed by atoms with Crippen LogP contribution in [0.2, 0.25) is 10.0 Å². The lowest BCUT2D eigenvalue weighted by molar-refractivity contribution is 0.632. The zero-order chi connectivity index (χ0) is 15.2. The van der Waals surface area contributed by atoms with E-state index < -0.39 is 5.82 Å². The van der Waals surface area contributed by atoms with Gasteiger partial charge in [0.05, 0.1) is 21.9 Å². The quantitative estimate of drug-likeness (QED) is 0.491. The highest BCUT2D eigenvalue weighted by atomic mass is 35.5. The summed E-state index contributed by atoms with van der Waals surface area (Å²) >= 11 is 16.7. The second kappa shape index (κ2) is 7.36. The van der Waals surface area contributed by atoms with E-state index in [9.17, 15) is 4.39 Å². The summed E-state index contributed by atoms with van der Waals surface area (Å²) in [7, 11) is 0. The molecule has 2 N–H and O–H groups in total. The van der Waals surface area contributed by atoms with Crippen LogP contribution in [-0.2, 0) is 0 Å². The standard InChI is InChI=1S/C14H10Cl2FN3S/c15-10-6-5-9(7-11(10)16)8-18-20-14(21)19-13-4-2-1-3-12(13)17/h1-8H,(H2,19,20,21)/b18-8-. The first-order chi connectivity index (χ1) is 10.1. The van der Waals surface area contributed by atoms with Crippen LogP contribution in [0.5, 0.6) is 0 Å². The van der Waals surface area contributed by atoms with E-state index in [0.717, 1.165) is 5.56 Å². The largest absolute Gasteiger partial charge is 0.329 e. The number of para-hydroxylation sites is 1. The molecule has 108 valence electrons. The van der Waals surface area contributed by atoms with Crippen LogP contribution in [0.4, 0.5) is 10.1 Å². The molecular weight excluding hydrogens is 332 g/mol. The molecule has 0 atom stereocenters. The molecule has 7 heteroatoms. The van der Waals surface area contributed by atoms with Crippen LogP contribution in [0, 0.1) is 5.82 Å². The Balaban J connectivity index is 1.93. The van der Waals surface area contributed by atoms with E-state index in [0.29, 0.717) is 10.0 Å². The van der Waals surface area contributed by atoms with Crippen molar-refractivity contribution in [2.45, 2.75) is 0 Å². The van der Waals surface area contributed by atoms with Crippen LogP contribution >= 0.6 is 35.4 Å². The first kappa shape index (κ1) is 15.7. The van der Waals surface area contributed by atoms with Crippen molar-refractivity contribution in [1.29, 1.82) is 0 Å². The average Bonchev–Trinajstić information content (AvgIpc) is 2.45. The van der Waals surface area contributed by atoms with Crippen molar-refractivity contribution < 1.29 is 4.39 Å². The highest BCUT2D eigenvalue weighted by molar-refractivity contribution is 7.80. The van der Waals surface area contributed by atoms with Crippen LogP contribution in [0.3, 0.4) is 0 Å². The van der Waals surface area contributed by atoms with Crippen molar-refractivity contribution >= 4 is 52.4 Å². The van der Waals surface area contributed by atoms with Gasteiger partial charge in [-0.3, -0.25) is 5.43 Å². The summed E-state index contributed by atoms with van der Waals surface area (Å²) < 4.78 is 13.4. The lowest BCUT2D eigenvalue weighted by Crippen LogP contribution is -2.24. The van der Waals surface area contributed by atoms with Gasteiger partial charge in [0.25, 0.3) is 0 Å². The first-order valence-electron chi connectivity index (χ1n) is 5.86. The van der Waals surface area contributed by atoms with Crippen molar-refractivity contribution in [2.75, 3.05) is 5.32 Å². The Morgan fingerprint density at radius 3 is 2.62 bits per heavy atom. The Bertz CT molecular complexity index is 692. The maximum atomic E-state index is 13.4. The van der Waals surface area contributed by atoms with Crippen molar-refractivity contribution in [3.8, 4) is 0 Å². The maximum Gasteiger partial charge on any atom is 0.191 e. The number of nitrogens with zero attached hydrogens (tertiary/aromatic N) is 1. The van der Waals surface area contributed by atoms with Gasteiger partial charge in [-0.15, -0.1) is 0 Å². The second-order valence-corrected chi connectivity index (χ2v) is 5.20. The Hall–Kier alpha value is -1.69. The third kappa shape index (κ3) is 4.67. The summed E-state index contributed by atoms with van der Waals surface area (Å²) in [5.41, 5.74) is 3.62. The van der Waals surface area contributed by atoms with Gasteiger partial charge < -0.3 is 5.32 Å². The lowest BCUT2D eigenvalue weighted by Gasteiger charge is -2.07. The maximum absolute atomic E-state index is 13.4. The lowest BCUT2D eigenvalue weighted by atomic mass is 10.2. The van der Waals surface area contributed by atoms with Crippen LogP contribution in [0.15, 0.2) is 47.6 Å². The molecule has 0 saturated carbocycles. The predicted octanol–water partition coefficient (Wildman–Crippen LogP) is 4.45. The summed E-state index contributed by atoms with van der Waals surface area (Å²) in [6.07, 6.45) is 1.53. The molecule has 2 aromatic carbocycles. The molecule has 2 rings (SSSR count). The Morgan fingerprint density at radius 2 is 1.90 bits per heavy atom. The first-order valence-corrected chi connectivity index (χ1v) is 7.02. The molecule has 0 unspecified atom stereocenters. The molecule has 0 spiro atoms. The third-order valence-electron chi connectivity index (χ3n) is 2.45. The second-order valence-electron chi connectivity index (χ2n) is 3.98. The number of anilines is 1. The van der Waals surface area contributed by atoms with E-state index in [4.69, 9.17) is 35.4 Å². The Labute approximate surface area is 136 Å². The van der Waals surface area contributed by atoms with E-state index in [2.05, 4.69) is 15.8 Å². The molecule has 0 saturated heterocycles. The molecule has 0 radical (unpaired) electrons. The summed E-state index contributed by atoms with van der Waals surface area (Å²) in [4.78, 5) is 0. The fourth-order valence-electron chi connectivity index (χ4n) is 1.47. The van der Waals surface area contributed by atoms with Crippen LogP contribution < -0.4 is 10.7 Å². The third-order valence-corrected chi connectivity index (χ3v) is 3.38. The van der Waals surface area contributed by atoms with E-state index in [1.54, 1.807) is 36.4 Å². The van der Waals surface area contributed by atoms with Gasteiger partial charge >= 0.3 is 0 Å².